The highest BCUT2D eigenvalue weighted by Crippen LogP contribution is 2.17. The van der Waals surface area contributed by atoms with Crippen molar-refractivity contribution in [1.82, 2.24) is 4.98 Å². The van der Waals surface area contributed by atoms with Gasteiger partial charge < -0.3 is 5.73 Å². The number of aryl methyl sites for hydroxylation is 1. The average Bonchev–Trinajstić information content (AvgIpc) is 2.42. The van der Waals surface area contributed by atoms with Gasteiger partial charge >= 0.3 is 0 Å². The molecule has 19 heavy (non-hydrogen) atoms. The Morgan fingerprint density at radius 2 is 2.05 bits per heavy atom. The summed E-state index contributed by atoms with van der Waals surface area (Å²) in [5.74, 6) is 0.0570. The maximum atomic E-state index is 12.2. The lowest BCUT2D eigenvalue weighted by atomic mass is 10.00. The molecule has 2 aromatic rings. The molecule has 2 rings (SSSR count). The lowest BCUT2D eigenvalue weighted by Crippen LogP contribution is -2.08. The third-order valence-electron chi connectivity index (χ3n) is 3.31. The second-order valence-electron chi connectivity index (χ2n) is 4.63. The minimum absolute atomic E-state index is 0.0570. The fourth-order valence-corrected chi connectivity index (χ4v) is 1.98. The van der Waals surface area contributed by atoms with Crippen molar-refractivity contribution < 1.29 is 4.79 Å². The van der Waals surface area contributed by atoms with Gasteiger partial charge in [-0.05, 0) is 36.6 Å². The van der Waals surface area contributed by atoms with E-state index in [1.54, 1.807) is 6.07 Å². The number of benzene rings is 1. The van der Waals surface area contributed by atoms with Gasteiger partial charge in [0.05, 0.1) is 6.42 Å². The summed E-state index contributed by atoms with van der Waals surface area (Å²) in [5, 5.41) is 0. The first-order valence-electron chi connectivity index (χ1n) is 6.44. The number of nitrogen functional groups attached to an aromatic ring is 1. The number of Topliss-reactive ketones (excluding diaryl/α,β-unsaturated/α-hetero) is 1. The van der Waals surface area contributed by atoms with Gasteiger partial charge in [-0.15, -0.1) is 0 Å². The fraction of sp³-hybridized carbons (Fsp3) is 0.250. The third-order valence-corrected chi connectivity index (χ3v) is 3.31. The lowest BCUT2D eigenvalue weighted by Gasteiger charge is -2.07. The molecule has 0 amide bonds. The summed E-state index contributed by atoms with van der Waals surface area (Å²) in [5.41, 5.74) is 9.97. The van der Waals surface area contributed by atoms with E-state index < -0.39 is 0 Å². The molecule has 1 heterocycles. The highest BCUT2D eigenvalue weighted by Gasteiger charge is 2.11. The molecule has 1 aromatic heterocycles. The summed E-state index contributed by atoms with van der Waals surface area (Å²) in [6.07, 6.45) is 3.10. The first-order chi connectivity index (χ1) is 9.11. The number of aromatic nitrogens is 1. The van der Waals surface area contributed by atoms with Crippen molar-refractivity contribution >= 4 is 11.5 Å². The van der Waals surface area contributed by atoms with Crippen LogP contribution in [0.3, 0.4) is 0 Å². The van der Waals surface area contributed by atoms with Gasteiger partial charge in [-0.2, -0.15) is 0 Å². The van der Waals surface area contributed by atoms with Crippen molar-refractivity contribution in [3.8, 4) is 0 Å². The van der Waals surface area contributed by atoms with Crippen molar-refractivity contribution in [2.75, 3.05) is 5.73 Å². The van der Waals surface area contributed by atoms with Crippen LogP contribution >= 0.6 is 0 Å². The van der Waals surface area contributed by atoms with Gasteiger partial charge in [0.25, 0.3) is 0 Å². The summed E-state index contributed by atoms with van der Waals surface area (Å²) >= 11 is 0. The second kappa shape index (κ2) is 5.65. The number of carbonyl (C=O) groups excluding carboxylic acids is 1. The van der Waals surface area contributed by atoms with Gasteiger partial charge in [0.2, 0.25) is 0 Å². The number of ketones is 1. The number of rotatable bonds is 4. The van der Waals surface area contributed by atoms with Crippen LogP contribution < -0.4 is 5.73 Å². The summed E-state index contributed by atoms with van der Waals surface area (Å²) in [6.45, 7) is 3.95. The number of anilines is 1. The zero-order valence-electron chi connectivity index (χ0n) is 11.3. The molecule has 0 radical (unpaired) electrons. The minimum Gasteiger partial charge on any atom is -0.398 e. The van der Waals surface area contributed by atoms with E-state index in [-0.39, 0.29) is 5.78 Å². The first kappa shape index (κ1) is 13.3. The van der Waals surface area contributed by atoms with E-state index in [4.69, 9.17) is 5.73 Å². The van der Waals surface area contributed by atoms with Gasteiger partial charge in [-0.25, -0.2) is 0 Å². The zero-order valence-corrected chi connectivity index (χ0v) is 11.3. The Kier molecular flexibility index (Phi) is 3.95. The summed E-state index contributed by atoms with van der Waals surface area (Å²) in [6, 6.07) is 9.36. The molecule has 0 saturated heterocycles. The molecule has 1 aromatic carbocycles. The summed E-state index contributed by atoms with van der Waals surface area (Å²) in [4.78, 5) is 16.6. The van der Waals surface area contributed by atoms with Crippen LogP contribution in [-0.4, -0.2) is 10.8 Å². The van der Waals surface area contributed by atoms with Crippen molar-refractivity contribution in [3.05, 3.63) is 58.9 Å². The Bertz CT molecular complexity index is 588. The maximum Gasteiger partial charge on any atom is 0.169 e. The highest BCUT2D eigenvalue weighted by atomic mass is 16.1. The molecule has 2 N–H and O–H groups in total. The predicted molar refractivity (Wildman–Crippen MR) is 77.2 cm³/mol. The molecule has 0 saturated carbocycles. The largest absolute Gasteiger partial charge is 0.398 e. The second-order valence-corrected chi connectivity index (χ2v) is 4.63. The Labute approximate surface area is 113 Å². The molecule has 0 bridgehead atoms. The van der Waals surface area contributed by atoms with Crippen molar-refractivity contribution in [2.24, 2.45) is 0 Å². The quantitative estimate of drug-likeness (QED) is 0.674. The van der Waals surface area contributed by atoms with Crippen LogP contribution in [0.2, 0.25) is 0 Å². The van der Waals surface area contributed by atoms with Gasteiger partial charge in [0.15, 0.2) is 5.78 Å². The van der Waals surface area contributed by atoms with Crippen LogP contribution in [0.15, 0.2) is 36.5 Å². The molecular weight excluding hydrogens is 236 g/mol. The molecule has 0 aliphatic carbocycles. The van der Waals surface area contributed by atoms with Gasteiger partial charge in [0, 0.05) is 23.1 Å². The van der Waals surface area contributed by atoms with Crippen LogP contribution in [-0.2, 0) is 12.8 Å². The molecule has 3 nitrogen and oxygen atoms in total. The lowest BCUT2D eigenvalue weighted by molar-refractivity contribution is 0.0991. The molecule has 0 fully saturated rings. The Morgan fingerprint density at radius 1 is 1.26 bits per heavy atom. The Balaban J connectivity index is 2.18. The molecule has 0 spiro atoms. The molecule has 0 unspecified atom stereocenters. The highest BCUT2D eigenvalue weighted by molar-refractivity contribution is 5.99. The van der Waals surface area contributed by atoms with Crippen LogP contribution in [0.4, 0.5) is 5.69 Å². The number of hydrogen-bond donors (Lipinski definition) is 1. The average molecular weight is 254 g/mol. The summed E-state index contributed by atoms with van der Waals surface area (Å²) < 4.78 is 0. The SMILES string of the molecule is CCc1ccc(CC(=O)c2cccc(N)c2C)nc1. The van der Waals surface area contributed by atoms with E-state index in [1.807, 2.05) is 37.4 Å². The van der Waals surface area contributed by atoms with E-state index in [0.717, 1.165) is 17.7 Å². The van der Waals surface area contributed by atoms with E-state index in [9.17, 15) is 4.79 Å². The standard InChI is InChI=1S/C16H18N2O/c1-3-12-7-8-13(18-10-12)9-16(19)14-5-4-6-15(17)11(14)2/h4-8,10H,3,9,17H2,1-2H3. The number of hydrogen-bond acceptors (Lipinski definition) is 3. The number of nitrogens with two attached hydrogens (primary N) is 1. The van der Waals surface area contributed by atoms with E-state index in [1.165, 1.54) is 5.56 Å². The predicted octanol–water partition coefficient (Wildman–Crippen LogP) is 2.96. The smallest absolute Gasteiger partial charge is 0.169 e. The van der Waals surface area contributed by atoms with Gasteiger partial charge in [-0.1, -0.05) is 25.1 Å². The fourth-order valence-electron chi connectivity index (χ4n) is 1.98. The number of carbonyl (C=O) groups is 1. The number of pyridine rings is 1. The maximum absolute atomic E-state index is 12.2. The molecule has 98 valence electrons. The van der Waals surface area contributed by atoms with Crippen LogP contribution in [0.5, 0.6) is 0 Å². The van der Waals surface area contributed by atoms with E-state index in [2.05, 4.69) is 11.9 Å². The topological polar surface area (TPSA) is 56.0 Å². The van der Waals surface area contributed by atoms with Crippen LogP contribution in [0, 0.1) is 6.92 Å². The van der Waals surface area contributed by atoms with Gasteiger partial charge in [-0.3, -0.25) is 9.78 Å². The van der Waals surface area contributed by atoms with Crippen molar-refractivity contribution in [1.29, 1.82) is 0 Å². The van der Waals surface area contributed by atoms with Crippen molar-refractivity contribution in [2.45, 2.75) is 26.7 Å². The van der Waals surface area contributed by atoms with Crippen LogP contribution in [0.1, 0.15) is 34.1 Å². The van der Waals surface area contributed by atoms with Gasteiger partial charge in [0.1, 0.15) is 0 Å². The zero-order chi connectivity index (χ0) is 13.8. The Hall–Kier alpha value is -2.16. The normalized spacial score (nSPS) is 10.4. The molecular formula is C16H18N2O. The molecule has 0 aliphatic rings. The Morgan fingerprint density at radius 3 is 2.68 bits per heavy atom. The molecule has 3 heteroatoms. The number of nitrogens with zero attached hydrogens (tertiary/aromatic N) is 1. The van der Waals surface area contributed by atoms with Crippen molar-refractivity contribution in [3.63, 3.8) is 0 Å². The van der Waals surface area contributed by atoms with E-state index in [0.29, 0.717) is 17.7 Å². The van der Waals surface area contributed by atoms with Crippen LogP contribution in [0.25, 0.3) is 0 Å². The monoisotopic (exact) mass is 254 g/mol. The molecule has 0 atom stereocenters. The minimum atomic E-state index is 0.0570. The third kappa shape index (κ3) is 2.99. The van der Waals surface area contributed by atoms with E-state index >= 15 is 0 Å². The first-order valence-corrected chi connectivity index (χ1v) is 6.44. The molecule has 0 aliphatic heterocycles. The summed E-state index contributed by atoms with van der Waals surface area (Å²) in [7, 11) is 0.